The molecule has 2 fully saturated rings. The zero-order valence-corrected chi connectivity index (χ0v) is 9.09. The van der Waals surface area contributed by atoms with E-state index in [2.05, 4.69) is 10.6 Å². The van der Waals surface area contributed by atoms with Crippen LogP contribution in [0.15, 0.2) is 0 Å². The SMILES string of the molecule is O=C(NCC1(CO)CC1)[C@@H]1CCCCN1. The summed E-state index contributed by atoms with van der Waals surface area (Å²) in [4.78, 5) is 11.7. The Bertz CT molecular complexity index is 233. The topological polar surface area (TPSA) is 61.4 Å². The largest absolute Gasteiger partial charge is 0.396 e. The van der Waals surface area contributed by atoms with E-state index in [0.29, 0.717) is 6.54 Å². The first kappa shape index (κ1) is 10.9. The number of nitrogens with one attached hydrogen (secondary N) is 2. The third kappa shape index (κ3) is 2.69. The molecule has 1 amide bonds. The maximum Gasteiger partial charge on any atom is 0.237 e. The van der Waals surface area contributed by atoms with Gasteiger partial charge in [0.25, 0.3) is 0 Å². The summed E-state index contributed by atoms with van der Waals surface area (Å²) in [7, 11) is 0. The van der Waals surface area contributed by atoms with Crippen LogP contribution in [0, 0.1) is 5.41 Å². The second-order valence-electron chi connectivity index (χ2n) is 4.88. The molecule has 1 aliphatic carbocycles. The van der Waals surface area contributed by atoms with Crippen LogP contribution in [0.3, 0.4) is 0 Å². The Kier molecular flexibility index (Phi) is 3.26. The minimum atomic E-state index is -0.00626. The lowest BCUT2D eigenvalue weighted by Gasteiger charge is -2.23. The maximum absolute atomic E-state index is 11.7. The van der Waals surface area contributed by atoms with Gasteiger partial charge in [0.2, 0.25) is 5.91 Å². The maximum atomic E-state index is 11.7. The van der Waals surface area contributed by atoms with Gasteiger partial charge in [0.1, 0.15) is 0 Å². The molecule has 0 radical (unpaired) electrons. The molecule has 1 aliphatic heterocycles. The number of hydrogen-bond acceptors (Lipinski definition) is 3. The predicted molar refractivity (Wildman–Crippen MR) is 57.4 cm³/mol. The number of carbonyl (C=O) groups is 1. The third-order valence-electron chi connectivity index (χ3n) is 3.56. The average molecular weight is 212 g/mol. The number of amides is 1. The molecule has 15 heavy (non-hydrogen) atoms. The number of piperidine rings is 1. The first-order valence-electron chi connectivity index (χ1n) is 5.88. The highest BCUT2D eigenvalue weighted by atomic mass is 16.3. The lowest BCUT2D eigenvalue weighted by atomic mass is 10.0. The first-order valence-corrected chi connectivity index (χ1v) is 5.88. The number of carbonyl (C=O) groups excluding carboxylic acids is 1. The summed E-state index contributed by atoms with van der Waals surface area (Å²) in [5.74, 6) is 0.106. The van der Waals surface area contributed by atoms with Crippen molar-refractivity contribution in [3.63, 3.8) is 0 Å². The fourth-order valence-corrected chi connectivity index (χ4v) is 2.04. The Hall–Kier alpha value is -0.610. The van der Waals surface area contributed by atoms with E-state index in [1.165, 1.54) is 6.42 Å². The summed E-state index contributed by atoms with van der Waals surface area (Å²) in [6.45, 7) is 1.79. The van der Waals surface area contributed by atoms with Crippen LogP contribution in [-0.4, -0.2) is 36.8 Å². The van der Waals surface area contributed by atoms with Gasteiger partial charge in [-0.2, -0.15) is 0 Å². The molecule has 0 unspecified atom stereocenters. The van der Waals surface area contributed by atoms with Crippen LogP contribution in [0.4, 0.5) is 0 Å². The fraction of sp³-hybridized carbons (Fsp3) is 0.909. The molecule has 0 aromatic rings. The van der Waals surface area contributed by atoms with Crippen LogP contribution in [0.5, 0.6) is 0 Å². The molecular weight excluding hydrogens is 192 g/mol. The average Bonchev–Trinajstić information content (AvgIpc) is 3.08. The van der Waals surface area contributed by atoms with Gasteiger partial charge in [-0.05, 0) is 32.2 Å². The van der Waals surface area contributed by atoms with Crippen molar-refractivity contribution in [2.24, 2.45) is 5.41 Å². The molecule has 1 saturated carbocycles. The van der Waals surface area contributed by atoms with Gasteiger partial charge >= 0.3 is 0 Å². The molecule has 3 N–H and O–H groups in total. The summed E-state index contributed by atoms with van der Waals surface area (Å²) in [5.41, 5.74) is 0.0182. The molecule has 0 aromatic carbocycles. The van der Waals surface area contributed by atoms with Crippen molar-refractivity contribution in [1.29, 1.82) is 0 Å². The van der Waals surface area contributed by atoms with Gasteiger partial charge in [0, 0.05) is 12.0 Å². The molecule has 86 valence electrons. The van der Waals surface area contributed by atoms with Crippen molar-refractivity contribution >= 4 is 5.91 Å². The summed E-state index contributed by atoms with van der Waals surface area (Å²) in [6.07, 6.45) is 5.34. The third-order valence-corrected chi connectivity index (χ3v) is 3.56. The molecule has 2 aliphatic rings. The molecule has 1 saturated heterocycles. The molecule has 4 nitrogen and oxygen atoms in total. The highest BCUT2D eigenvalue weighted by Gasteiger charge is 2.42. The zero-order valence-electron chi connectivity index (χ0n) is 9.09. The number of rotatable bonds is 4. The summed E-state index contributed by atoms with van der Waals surface area (Å²) < 4.78 is 0. The van der Waals surface area contributed by atoms with Gasteiger partial charge < -0.3 is 15.7 Å². The van der Waals surface area contributed by atoms with E-state index in [-0.39, 0.29) is 24.0 Å². The normalized spacial score (nSPS) is 28.5. The Labute approximate surface area is 90.4 Å². The van der Waals surface area contributed by atoms with Crippen molar-refractivity contribution in [2.45, 2.75) is 38.1 Å². The van der Waals surface area contributed by atoms with Crippen LogP contribution in [0.1, 0.15) is 32.1 Å². The number of hydrogen-bond donors (Lipinski definition) is 3. The summed E-state index contributed by atoms with van der Waals surface area (Å²) in [5, 5.41) is 15.3. The van der Waals surface area contributed by atoms with Crippen LogP contribution >= 0.6 is 0 Å². The van der Waals surface area contributed by atoms with Crippen LogP contribution < -0.4 is 10.6 Å². The quantitative estimate of drug-likeness (QED) is 0.615. The Morgan fingerprint density at radius 3 is 2.80 bits per heavy atom. The molecular formula is C11H20N2O2. The smallest absolute Gasteiger partial charge is 0.237 e. The van der Waals surface area contributed by atoms with Crippen molar-refractivity contribution in [2.75, 3.05) is 19.7 Å². The fourth-order valence-electron chi connectivity index (χ4n) is 2.04. The van der Waals surface area contributed by atoms with Gasteiger partial charge in [0.05, 0.1) is 12.6 Å². The van der Waals surface area contributed by atoms with E-state index in [1.807, 2.05) is 0 Å². The molecule has 2 rings (SSSR count). The lowest BCUT2D eigenvalue weighted by Crippen LogP contribution is -2.48. The zero-order chi connectivity index (χ0) is 10.7. The van der Waals surface area contributed by atoms with Crippen molar-refractivity contribution in [3.05, 3.63) is 0 Å². The van der Waals surface area contributed by atoms with E-state index in [0.717, 1.165) is 32.2 Å². The molecule has 1 atom stereocenters. The van der Waals surface area contributed by atoms with Crippen molar-refractivity contribution in [3.8, 4) is 0 Å². The second-order valence-corrected chi connectivity index (χ2v) is 4.88. The van der Waals surface area contributed by atoms with Crippen LogP contribution in [-0.2, 0) is 4.79 Å². The van der Waals surface area contributed by atoms with Crippen molar-refractivity contribution < 1.29 is 9.90 Å². The Morgan fingerprint density at radius 2 is 2.27 bits per heavy atom. The standard InChI is InChI=1S/C11H20N2O2/c14-8-11(4-5-11)7-13-10(15)9-3-1-2-6-12-9/h9,12,14H,1-8H2,(H,13,15)/t9-/m0/s1. The van der Waals surface area contributed by atoms with E-state index < -0.39 is 0 Å². The summed E-state index contributed by atoms with van der Waals surface area (Å²) >= 11 is 0. The molecule has 0 bridgehead atoms. The Morgan fingerprint density at radius 1 is 1.47 bits per heavy atom. The van der Waals surface area contributed by atoms with Crippen LogP contribution in [0.2, 0.25) is 0 Å². The molecule has 0 aromatic heterocycles. The highest BCUT2D eigenvalue weighted by molar-refractivity contribution is 5.81. The van der Waals surface area contributed by atoms with Gasteiger partial charge in [-0.3, -0.25) is 4.79 Å². The Balaban J connectivity index is 1.72. The van der Waals surface area contributed by atoms with E-state index >= 15 is 0 Å². The molecule has 0 spiro atoms. The molecule has 4 heteroatoms. The predicted octanol–water partition coefficient (Wildman–Crippen LogP) is 0.0172. The highest BCUT2D eigenvalue weighted by Crippen LogP contribution is 2.44. The van der Waals surface area contributed by atoms with Gasteiger partial charge in [-0.25, -0.2) is 0 Å². The minimum absolute atomic E-state index is 0.00626. The van der Waals surface area contributed by atoms with Gasteiger partial charge in [-0.1, -0.05) is 6.42 Å². The van der Waals surface area contributed by atoms with Gasteiger partial charge in [-0.15, -0.1) is 0 Å². The lowest BCUT2D eigenvalue weighted by molar-refractivity contribution is -0.124. The van der Waals surface area contributed by atoms with E-state index in [1.54, 1.807) is 0 Å². The number of aliphatic hydroxyl groups excluding tert-OH is 1. The second kappa shape index (κ2) is 4.49. The van der Waals surface area contributed by atoms with E-state index in [4.69, 9.17) is 5.11 Å². The minimum Gasteiger partial charge on any atom is -0.396 e. The van der Waals surface area contributed by atoms with Gasteiger partial charge in [0.15, 0.2) is 0 Å². The monoisotopic (exact) mass is 212 g/mol. The van der Waals surface area contributed by atoms with Crippen molar-refractivity contribution in [1.82, 2.24) is 10.6 Å². The van der Waals surface area contributed by atoms with Crippen LogP contribution in [0.25, 0.3) is 0 Å². The van der Waals surface area contributed by atoms with E-state index in [9.17, 15) is 4.79 Å². The summed E-state index contributed by atoms with van der Waals surface area (Å²) in [6, 6.07) is -0.00626. The number of aliphatic hydroxyl groups is 1. The molecule has 1 heterocycles. The first-order chi connectivity index (χ1) is 7.26.